The summed E-state index contributed by atoms with van der Waals surface area (Å²) in [5.41, 5.74) is 3.54. The van der Waals surface area contributed by atoms with Crippen LogP contribution in [0.3, 0.4) is 0 Å². The van der Waals surface area contributed by atoms with E-state index in [0.29, 0.717) is 41.2 Å². The zero-order valence-corrected chi connectivity index (χ0v) is 40.1. The van der Waals surface area contributed by atoms with Gasteiger partial charge in [-0.2, -0.15) is 0 Å². The van der Waals surface area contributed by atoms with Gasteiger partial charge in [-0.15, -0.1) is 0 Å². The van der Waals surface area contributed by atoms with Gasteiger partial charge in [0.15, 0.2) is 23.0 Å². The number of nitrogens with zero attached hydrogens (tertiary/aromatic N) is 2. The Morgan fingerprint density at radius 2 is 1.21 bits per heavy atom. The van der Waals surface area contributed by atoms with Crippen LogP contribution in [0.25, 0.3) is 0 Å². The molecule has 61 heavy (non-hydrogen) atoms. The fourth-order valence-electron chi connectivity index (χ4n) is 11.3. The molecule has 9 aliphatic rings. The van der Waals surface area contributed by atoms with Crippen molar-refractivity contribution in [3.8, 4) is 23.0 Å². The molecule has 5 heterocycles. The van der Waals surface area contributed by atoms with Crippen LogP contribution < -0.4 is 43.8 Å². The summed E-state index contributed by atoms with van der Waals surface area (Å²) in [6.45, 7) is 14.9. The van der Waals surface area contributed by atoms with Gasteiger partial charge in [0.2, 0.25) is 5.24 Å². The Kier molecular flexibility index (Phi) is 13.1. The molecule has 0 radical (unpaired) electrons. The van der Waals surface area contributed by atoms with E-state index in [1.165, 1.54) is 35.1 Å². The van der Waals surface area contributed by atoms with Gasteiger partial charge in [-0.1, -0.05) is 57.2 Å². The van der Waals surface area contributed by atoms with Crippen molar-refractivity contribution >= 4 is 22.8 Å². The number of piperidine rings is 2. The average Bonchev–Trinajstić information content (AvgIpc) is 3.96. The molecule has 4 aliphatic carbocycles. The van der Waals surface area contributed by atoms with E-state index in [0.717, 1.165) is 52.0 Å². The van der Waals surface area contributed by atoms with E-state index in [9.17, 15) is 24.9 Å². The minimum Gasteiger partial charge on any atom is -1.00 e. The van der Waals surface area contributed by atoms with Gasteiger partial charge >= 0.3 is 35.5 Å². The van der Waals surface area contributed by atoms with Crippen LogP contribution in [-0.4, -0.2) is 113 Å². The first-order valence-corrected chi connectivity index (χ1v) is 22.2. The first-order chi connectivity index (χ1) is 28.3. The van der Waals surface area contributed by atoms with Crippen molar-refractivity contribution in [2.75, 3.05) is 40.4 Å². The van der Waals surface area contributed by atoms with Crippen LogP contribution in [0.1, 0.15) is 90.9 Å². The van der Waals surface area contributed by atoms with Gasteiger partial charge in [0.05, 0.1) is 5.41 Å². The molecule has 3 fully saturated rings. The van der Waals surface area contributed by atoms with Crippen molar-refractivity contribution in [1.82, 2.24) is 9.80 Å². The SMILES string of the molecule is C1CCOC1.CC(C)(C)C(=O)Cl.CN1CCC23c4c5ccc(O)c4OC2C(O)C=CC3C1C5.CN1CCC23c4c5ccc(OC(=O)C(C)(C)C)c4OC2C(O)C=CC3C1C5.[H-].[Na+]. The number of carbonyl (C=O) groups excluding carboxylic acids is 2. The number of esters is 1. The molecule has 2 spiro atoms. The number of hydrogen-bond donors (Lipinski definition) is 3. The predicted octanol–water partition coefficient (Wildman–Crippen LogP) is 3.35. The Morgan fingerprint density at radius 1 is 0.754 bits per heavy atom. The number of likely N-dealkylation sites (N-methyl/N-ethyl adjacent to an activating group) is 2. The molecule has 2 aromatic rings. The third-order valence-electron chi connectivity index (χ3n) is 14.5. The number of likely N-dealkylation sites (tertiary alicyclic amines) is 2. The smallest absolute Gasteiger partial charge is 1.00 e. The summed E-state index contributed by atoms with van der Waals surface area (Å²) in [5.74, 6) is 2.38. The zero-order valence-electron chi connectivity index (χ0n) is 38.4. The fourth-order valence-corrected chi connectivity index (χ4v) is 11.3. The van der Waals surface area contributed by atoms with Crippen LogP contribution in [0.4, 0.5) is 0 Å². The Morgan fingerprint density at radius 3 is 1.66 bits per heavy atom. The summed E-state index contributed by atoms with van der Waals surface area (Å²) in [5, 5.41) is 31.1. The van der Waals surface area contributed by atoms with Crippen LogP contribution in [0.15, 0.2) is 48.6 Å². The summed E-state index contributed by atoms with van der Waals surface area (Å²) < 4.78 is 23.2. The minimum atomic E-state index is -0.644. The number of phenolic OH excluding ortho intramolecular Hbond substituents is 1. The van der Waals surface area contributed by atoms with Crippen LogP contribution in [0.2, 0.25) is 0 Å². The van der Waals surface area contributed by atoms with E-state index >= 15 is 0 Å². The Hall–Kier alpha value is -2.45. The largest absolute Gasteiger partial charge is 1.00 e. The van der Waals surface area contributed by atoms with Crippen molar-refractivity contribution in [1.29, 1.82) is 0 Å². The number of phenols is 1. The van der Waals surface area contributed by atoms with Gasteiger partial charge in [-0.25, -0.2) is 0 Å². The van der Waals surface area contributed by atoms with Crippen LogP contribution >= 0.6 is 11.6 Å². The molecule has 0 saturated carbocycles. The van der Waals surface area contributed by atoms with E-state index in [4.69, 9.17) is 30.5 Å². The van der Waals surface area contributed by atoms with Gasteiger partial charge < -0.3 is 45.5 Å². The first kappa shape index (κ1) is 46.5. The summed E-state index contributed by atoms with van der Waals surface area (Å²) in [7, 11) is 4.38. The second kappa shape index (κ2) is 17.2. The zero-order chi connectivity index (χ0) is 43.1. The van der Waals surface area contributed by atoms with Gasteiger partial charge in [0, 0.05) is 64.5 Å². The number of benzene rings is 2. The maximum Gasteiger partial charge on any atom is 1.00 e. The Bertz CT molecular complexity index is 2080. The van der Waals surface area contributed by atoms with Crippen molar-refractivity contribution in [2.45, 2.75) is 127 Å². The summed E-state index contributed by atoms with van der Waals surface area (Å²) in [4.78, 5) is 27.6. The molecule has 2 aromatic carbocycles. The molecule has 328 valence electrons. The van der Waals surface area contributed by atoms with Gasteiger partial charge in [0.1, 0.15) is 24.4 Å². The van der Waals surface area contributed by atoms with E-state index in [1.54, 1.807) is 26.8 Å². The monoisotopic (exact) mass is 870 g/mol. The molecule has 3 saturated heterocycles. The number of hydrogen-bond acceptors (Lipinski definition) is 11. The maximum atomic E-state index is 12.5. The molecule has 10 atom stereocenters. The number of halogens is 1. The fraction of sp³-hybridized carbons (Fsp3) is 0.625. The van der Waals surface area contributed by atoms with Crippen molar-refractivity contribution in [3.05, 3.63) is 70.8 Å². The maximum absolute atomic E-state index is 12.5. The summed E-state index contributed by atoms with van der Waals surface area (Å²) in [6.07, 6.45) is 12.7. The van der Waals surface area contributed by atoms with Gasteiger partial charge in [-0.3, -0.25) is 9.59 Å². The van der Waals surface area contributed by atoms with Crippen molar-refractivity contribution in [2.24, 2.45) is 22.7 Å². The molecule has 10 unspecified atom stereocenters. The number of aliphatic hydroxyl groups is 2. The number of rotatable bonds is 1. The van der Waals surface area contributed by atoms with E-state index in [1.807, 2.05) is 45.1 Å². The van der Waals surface area contributed by atoms with Crippen molar-refractivity contribution < 1.29 is 74.8 Å². The van der Waals surface area contributed by atoms with Gasteiger partial charge in [-0.05, 0) is 121 Å². The van der Waals surface area contributed by atoms with Crippen molar-refractivity contribution in [3.63, 3.8) is 0 Å². The van der Waals surface area contributed by atoms with E-state index in [-0.39, 0.29) is 76.4 Å². The third-order valence-corrected chi connectivity index (χ3v) is 15.1. The molecule has 11 nitrogen and oxygen atoms in total. The topological polar surface area (TPSA) is 138 Å². The van der Waals surface area contributed by atoms with E-state index < -0.39 is 17.6 Å². The quantitative estimate of drug-likeness (QED) is 0.128. The molecular weight excluding hydrogens is 807 g/mol. The normalized spacial score (nSPS) is 34.0. The number of aromatic hydroxyl groups is 1. The standard InChI is InChI=1S/C22H27NO4.C17H19NO3.C5H9ClO.C4H8O.Na.H/c1-21(2,3)20(25)26-16-8-5-12-11-14-13-6-7-15(24)19-22(13,9-10-23(14)4)17(12)18(16)27-19;1-18-7-6-17-10-3-5-13(20)16(17)21-15-12(19)4-2-9(14(15)17)8-11(10)18;1-5(2,3)4(6)7;1-2-4-5-3-1;;/h5-8,13-15,19,24H,9-11H2,1-4H3;2-5,10-11,13,16,19-20H,6-8H2,1H3;1-3H3;1-4H2;;/q;;;;+1;-1. The number of carbonyl (C=O) groups is 2. The molecular formula is C48H64ClN2NaO9. The van der Waals surface area contributed by atoms with Gasteiger partial charge in [0.25, 0.3) is 0 Å². The molecule has 11 rings (SSSR count). The summed E-state index contributed by atoms with van der Waals surface area (Å²) in [6, 6.07) is 8.59. The van der Waals surface area contributed by atoms with Crippen LogP contribution in [0, 0.1) is 22.7 Å². The molecule has 0 amide bonds. The summed E-state index contributed by atoms with van der Waals surface area (Å²) >= 11 is 5.11. The first-order valence-electron chi connectivity index (χ1n) is 21.8. The number of aliphatic hydroxyl groups excluding tert-OH is 2. The van der Waals surface area contributed by atoms with Crippen LogP contribution in [0.5, 0.6) is 23.0 Å². The molecule has 4 bridgehead atoms. The number of ether oxygens (including phenoxy) is 4. The molecule has 0 aromatic heterocycles. The second-order valence-electron chi connectivity index (χ2n) is 20.3. The molecule has 3 N–H and O–H groups in total. The predicted molar refractivity (Wildman–Crippen MR) is 230 cm³/mol. The molecule has 13 heteroatoms. The van der Waals surface area contributed by atoms with Crippen LogP contribution in [-0.2, 0) is 38.0 Å². The third kappa shape index (κ3) is 7.84. The minimum absolute atomic E-state index is 0. The van der Waals surface area contributed by atoms with E-state index in [2.05, 4.69) is 42.1 Å². The molecule has 5 aliphatic heterocycles. The Balaban J connectivity index is 0.000000162. The second-order valence-corrected chi connectivity index (χ2v) is 20.7. The Labute approximate surface area is 389 Å². The average molecular weight is 871 g/mol.